The van der Waals surface area contributed by atoms with E-state index in [0.29, 0.717) is 5.95 Å². The second-order valence-corrected chi connectivity index (χ2v) is 4.73. The molecule has 2 aromatic carbocycles. The van der Waals surface area contributed by atoms with Gasteiger partial charge in [-0.25, -0.2) is 14.4 Å². The number of hydrogen-bond acceptors (Lipinski definition) is 3. The standard InChI is InChI=1S/C17H14FN3/c1-12-11-19-17(20-15-8-3-2-4-9-15)21-16(12)13-6-5-7-14(18)10-13/h2-11H,1H3,(H,19,20,21). The monoisotopic (exact) mass is 279 g/mol. The summed E-state index contributed by atoms with van der Waals surface area (Å²) >= 11 is 0. The molecule has 1 heterocycles. The van der Waals surface area contributed by atoms with Crippen LogP contribution in [0.2, 0.25) is 0 Å². The van der Waals surface area contributed by atoms with Crippen LogP contribution < -0.4 is 5.32 Å². The largest absolute Gasteiger partial charge is 0.324 e. The third-order valence-electron chi connectivity index (χ3n) is 3.10. The van der Waals surface area contributed by atoms with Crippen molar-refractivity contribution in [2.24, 2.45) is 0 Å². The lowest BCUT2D eigenvalue weighted by molar-refractivity contribution is 0.628. The van der Waals surface area contributed by atoms with Crippen molar-refractivity contribution in [3.05, 3.63) is 72.2 Å². The van der Waals surface area contributed by atoms with Crippen LogP contribution in [0.4, 0.5) is 16.0 Å². The molecule has 0 spiro atoms. The predicted molar refractivity (Wildman–Crippen MR) is 81.9 cm³/mol. The van der Waals surface area contributed by atoms with Crippen molar-refractivity contribution < 1.29 is 4.39 Å². The molecule has 0 aliphatic rings. The minimum Gasteiger partial charge on any atom is -0.324 e. The number of aromatic nitrogens is 2. The number of rotatable bonds is 3. The molecule has 0 unspecified atom stereocenters. The highest BCUT2D eigenvalue weighted by atomic mass is 19.1. The number of nitrogens with zero attached hydrogens (tertiary/aromatic N) is 2. The Morgan fingerprint density at radius 2 is 1.81 bits per heavy atom. The van der Waals surface area contributed by atoms with Gasteiger partial charge in [0.05, 0.1) is 5.69 Å². The number of hydrogen-bond donors (Lipinski definition) is 1. The Bertz CT molecular complexity index is 757. The Balaban J connectivity index is 1.97. The smallest absolute Gasteiger partial charge is 0.227 e. The molecule has 0 saturated carbocycles. The van der Waals surface area contributed by atoms with Gasteiger partial charge >= 0.3 is 0 Å². The summed E-state index contributed by atoms with van der Waals surface area (Å²) < 4.78 is 13.4. The van der Waals surface area contributed by atoms with E-state index in [9.17, 15) is 4.39 Å². The Hall–Kier alpha value is -2.75. The highest BCUT2D eigenvalue weighted by Crippen LogP contribution is 2.23. The Kier molecular flexibility index (Phi) is 3.60. The van der Waals surface area contributed by atoms with Crippen LogP contribution in [0, 0.1) is 12.7 Å². The molecule has 0 amide bonds. The molecule has 0 bridgehead atoms. The van der Waals surface area contributed by atoms with E-state index in [4.69, 9.17) is 0 Å². The fraction of sp³-hybridized carbons (Fsp3) is 0.0588. The number of anilines is 2. The van der Waals surface area contributed by atoms with Gasteiger partial charge in [-0.2, -0.15) is 0 Å². The first-order valence-corrected chi connectivity index (χ1v) is 6.64. The van der Waals surface area contributed by atoms with Crippen molar-refractivity contribution in [2.45, 2.75) is 6.92 Å². The molecule has 0 atom stereocenters. The molecule has 0 aliphatic carbocycles. The Labute approximate surface area is 122 Å². The molecule has 3 nitrogen and oxygen atoms in total. The molecular weight excluding hydrogens is 265 g/mol. The topological polar surface area (TPSA) is 37.8 Å². The van der Waals surface area contributed by atoms with Crippen molar-refractivity contribution in [3.8, 4) is 11.3 Å². The highest BCUT2D eigenvalue weighted by molar-refractivity contribution is 5.65. The van der Waals surface area contributed by atoms with Gasteiger partial charge in [0.25, 0.3) is 0 Å². The van der Waals surface area contributed by atoms with Crippen molar-refractivity contribution in [3.63, 3.8) is 0 Å². The van der Waals surface area contributed by atoms with Gasteiger partial charge in [-0.3, -0.25) is 0 Å². The summed E-state index contributed by atoms with van der Waals surface area (Å²) in [5.41, 5.74) is 3.28. The predicted octanol–water partition coefficient (Wildman–Crippen LogP) is 4.33. The van der Waals surface area contributed by atoms with Gasteiger partial charge in [-0.1, -0.05) is 30.3 Å². The normalized spacial score (nSPS) is 10.4. The van der Waals surface area contributed by atoms with Gasteiger partial charge in [0.2, 0.25) is 5.95 Å². The van der Waals surface area contributed by atoms with Crippen molar-refractivity contribution in [2.75, 3.05) is 5.32 Å². The fourth-order valence-corrected chi connectivity index (χ4v) is 2.08. The molecular formula is C17H14FN3. The number of para-hydroxylation sites is 1. The average Bonchev–Trinajstić information content (AvgIpc) is 2.50. The van der Waals surface area contributed by atoms with Gasteiger partial charge in [0, 0.05) is 17.4 Å². The quantitative estimate of drug-likeness (QED) is 0.775. The van der Waals surface area contributed by atoms with Crippen molar-refractivity contribution >= 4 is 11.6 Å². The van der Waals surface area contributed by atoms with Gasteiger partial charge in [-0.05, 0) is 36.8 Å². The lowest BCUT2D eigenvalue weighted by atomic mass is 10.1. The third kappa shape index (κ3) is 3.05. The molecule has 0 saturated heterocycles. The van der Waals surface area contributed by atoms with Gasteiger partial charge < -0.3 is 5.32 Å². The average molecular weight is 279 g/mol. The number of nitrogens with one attached hydrogen (secondary N) is 1. The van der Waals surface area contributed by atoms with E-state index < -0.39 is 0 Å². The molecule has 3 aromatic rings. The van der Waals surface area contributed by atoms with E-state index in [1.54, 1.807) is 12.3 Å². The maximum absolute atomic E-state index is 13.4. The first-order valence-electron chi connectivity index (χ1n) is 6.64. The van der Waals surface area contributed by atoms with Crippen LogP contribution in [0.1, 0.15) is 5.56 Å². The van der Waals surface area contributed by atoms with Crippen LogP contribution in [-0.4, -0.2) is 9.97 Å². The van der Waals surface area contributed by atoms with Crippen LogP contribution in [0.15, 0.2) is 60.8 Å². The summed E-state index contributed by atoms with van der Waals surface area (Å²) in [7, 11) is 0. The van der Waals surface area contributed by atoms with Crippen LogP contribution in [0.5, 0.6) is 0 Å². The zero-order valence-corrected chi connectivity index (χ0v) is 11.5. The number of aryl methyl sites for hydroxylation is 1. The number of halogens is 1. The van der Waals surface area contributed by atoms with E-state index in [-0.39, 0.29) is 5.82 Å². The fourth-order valence-electron chi connectivity index (χ4n) is 2.08. The molecule has 1 aromatic heterocycles. The summed E-state index contributed by atoms with van der Waals surface area (Å²) in [6.07, 6.45) is 1.73. The maximum atomic E-state index is 13.4. The molecule has 0 aliphatic heterocycles. The Morgan fingerprint density at radius 1 is 1.00 bits per heavy atom. The first kappa shape index (κ1) is 13.2. The number of benzene rings is 2. The van der Waals surface area contributed by atoms with Gasteiger partial charge in [0.15, 0.2) is 0 Å². The van der Waals surface area contributed by atoms with Crippen molar-refractivity contribution in [1.29, 1.82) is 0 Å². The molecule has 1 N–H and O–H groups in total. The second kappa shape index (κ2) is 5.71. The van der Waals surface area contributed by atoms with Crippen molar-refractivity contribution in [1.82, 2.24) is 9.97 Å². The lowest BCUT2D eigenvalue weighted by Crippen LogP contribution is -2.00. The zero-order chi connectivity index (χ0) is 14.7. The zero-order valence-electron chi connectivity index (χ0n) is 11.5. The summed E-state index contributed by atoms with van der Waals surface area (Å²) in [4.78, 5) is 8.76. The maximum Gasteiger partial charge on any atom is 0.227 e. The summed E-state index contributed by atoms with van der Waals surface area (Å²) in [5.74, 6) is 0.217. The van der Waals surface area contributed by atoms with E-state index >= 15 is 0 Å². The third-order valence-corrected chi connectivity index (χ3v) is 3.10. The van der Waals surface area contributed by atoms with Crippen LogP contribution in [0.3, 0.4) is 0 Å². The molecule has 4 heteroatoms. The lowest BCUT2D eigenvalue weighted by Gasteiger charge is -2.09. The summed E-state index contributed by atoms with van der Waals surface area (Å²) in [5, 5.41) is 3.14. The summed E-state index contributed by atoms with van der Waals surface area (Å²) in [6, 6.07) is 16.1. The van der Waals surface area contributed by atoms with E-state index in [1.807, 2.05) is 43.3 Å². The first-order chi connectivity index (χ1) is 10.2. The van der Waals surface area contributed by atoms with Gasteiger partial charge in [-0.15, -0.1) is 0 Å². The van der Waals surface area contributed by atoms with E-state index in [2.05, 4.69) is 15.3 Å². The van der Waals surface area contributed by atoms with E-state index in [1.165, 1.54) is 12.1 Å². The second-order valence-electron chi connectivity index (χ2n) is 4.73. The molecule has 0 fully saturated rings. The molecule has 0 radical (unpaired) electrons. The molecule has 3 rings (SSSR count). The SMILES string of the molecule is Cc1cnc(Nc2ccccc2)nc1-c1cccc(F)c1. The molecule has 104 valence electrons. The van der Waals surface area contributed by atoms with Gasteiger partial charge in [0.1, 0.15) is 5.82 Å². The highest BCUT2D eigenvalue weighted by Gasteiger charge is 2.07. The minimum absolute atomic E-state index is 0.275. The Morgan fingerprint density at radius 3 is 2.57 bits per heavy atom. The summed E-state index contributed by atoms with van der Waals surface area (Å²) in [6.45, 7) is 1.91. The van der Waals surface area contributed by atoms with Crippen LogP contribution >= 0.6 is 0 Å². The van der Waals surface area contributed by atoms with Crippen LogP contribution in [0.25, 0.3) is 11.3 Å². The van der Waals surface area contributed by atoms with E-state index in [0.717, 1.165) is 22.5 Å². The molecule has 21 heavy (non-hydrogen) atoms. The minimum atomic E-state index is -0.275. The van der Waals surface area contributed by atoms with Crippen LogP contribution in [-0.2, 0) is 0 Å².